The van der Waals surface area contributed by atoms with Crippen LogP contribution in [0.2, 0.25) is 1.41 Å². The zero-order chi connectivity index (χ0) is 38.7. The Balaban J connectivity index is 2.37. The molecule has 0 radical (unpaired) electrons. The van der Waals surface area contributed by atoms with Crippen molar-refractivity contribution in [3.05, 3.63) is 24.2 Å². The number of hydrogen-bond acceptors (Lipinski definition) is 5. The molecular formula is C21H36N4O3S. The van der Waals surface area contributed by atoms with Crippen LogP contribution in [-0.2, 0) is 14.8 Å². The van der Waals surface area contributed by atoms with Crippen molar-refractivity contribution in [1.29, 1.82) is 0 Å². The number of piperazine rings is 1. The van der Waals surface area contributed by atoms with E-state index >= 15 is 0 Å². The monoisotopic (exact) mass is 444 g/mol. The predicted octanol–water partition coefficient (Wildman–Crippen LogP) is 2.46. The summed E-state index contributed by atoms with van der Waals surface area (Å²) in [6.45, 7) is -19.0. The van der Waals surface area contributed by atoms with Crippen LogP contribution in [0.4, 0.5) is 11.4 Å². The van der Waals surface area contributed by atoms with Gasteiger partial charge in [0.2, 0.25) is 15.9 Å². The van der Waals surface area contributed by atoms with Crippen LogP contribution in [0.25, 0.3) is 0 Å². The first kappa shape index (κ1) is 8.13. The highest BCUT2D eigenvalue weighted by Gasteiger charge is 2.20. The van der Waals surface area contributed by atoms with E-state index in [0.29, 0.717) is 4.90 Å². The van der Waals surface area contributed by atoms with Gasteiger partial charge in [-0.2, -0.15) is 0 Å². The minimum atomic E-state index is -6.06. The number of sulfonamides is 1. The fraction of sp³-hybridized carbons (Fsp3) is 0.667. The summed E-state index contributed by atoms with van der Waals surface area (Å²) in [7, 11) is -6.06. The molecule has 2 rings (SSSR count). The van der Waals surface area contributed by atoms with Crippen LogP contribution in [0, 0.1) is 5.89 Å². The molecule has 0 aromatic heterocycles. The maximum atomic E-state index is 13.4. The normalized spacial score (nSPS) is 31.6. The summed E-state index contributed by atoms with van der Waals surface area (Å²) in [5, 5.41) is 0.248. The van der Waals surface area contributed by atoms with Gasteiger partial charge in [0, 0.05) is 79.8 Å². The third kappa shape index (κ3) is 7.95. The van der Waals surface area contributed by atoms with Crippen LogP contribution in [0.15, 0.2) is 24.2 Å². The fourth-order valence-corrected chi connectivity index (χ4v) is 3.08. The fourth-order valence-electron chi connectivity index (χ4n) is 2.34. The Morgan fingerprint density at radius 1 is 1.45 bits per heavy atom. The molecule has 7 nitrogen and oxygen atoms in total. The van der Waals surface area contributed by atoms with E-state index in [1.807, 2.05) is 0 Å². The lowest BCUT2D eigenvalue weighted by Gasteiger charge is -2.36. The molecule has 0 bridgehead atoms. The molecule has 0 atom stereocenters. The third-order valence-electron chi connectivity index (χ3n) is 3.66. The smallest absolute Gasteiger partial charge is 0.221 e. The highest BCUT2D eigenvalue weighted by molar-refractivity contribution is 7.89. The maximum absolute atomic E-state index is 13.4. The summed E-state index contributed by atoms with van der Waals surface area (Å²) in [6.07, 6.45) is -0.856. The number of carbonyl (C=O) groups excluding carboxylic acids is 1. The first-order chi connectivity index (χ1) is 21.6. The van der Waals surface area contributed by atoms with Crippen LogP contribution in [0.5, 0.6) is 0 Å². The Bertz CT molecular complexity index is 1480. The van der Waals surface area contributed by atoms with Gasteiger partial charge in [0.15, 0.2) is 1.41 Å². The molecule has 1 aliphatic heterocycles. The number of nitrogens with zero attached hydrogens (tertiary/aromatic N) is 3. The van der Waals surface area contributed by atoms with E-state index < -0.39 is 122 Å². The number of amides is 1. The largest absolute Gasteiger partial charge is 0.369 e. The van der Waals surface area contributed by atoms with Crippen LogP contribution >= 0.6 is 0 Å². The molecule has 1 N–H and O–H groups in total. The van der Waals surface area contributed by atoms with E-state index in [1.165, 1.54) is 0 Å². The lowest BCUT2D eigenvalue weighted by molar-refractivity contribution is -0.114. The summed E-state index contributed by atoms with van der Waals surface area (Å²) < 4.78 is 185. The predicted molar refractivity (Wildman–Crippen MR) is 120 cm³/mol. The van der Waals surface area contributed by atoms with Gasteiger partial charge in [-0.25, -0.2) is 12.7 Å². The molecule has 29 heavy (non-hydrogen) atoms. The van der Waals surface area contributed by atoms with Gasteiger partial charge in [-0.05, 0) is 43.4 Å². The first-order valence-electron chi connectivity index (χ1n) is 18.5. The zero-order valence-corrected chi connectivity index (χ0v) is 16.6. The van der Waals surface area contributed by atoms with Gasteiger partial charge in [-0.15, -0.1) is 0 Å². The van der Waals surface area contributed by atoms with Crippen LogP contribution in [0.1, 0.15) is 59.5 Å². The van der Waals surface area contributed by atoms with Crippen molar-refractivity contribution in [1.82, 2.24) is 9.21 Å². The second kappa shape index (κ2) is 10.9. The molecule has 1 aromatic carbocycles. The number of rotatable bonds is 10. The Kier molecular flexibility index (Phi) is 3.07. The number of hydrogen-bond donors (Lipinski definition) is 1. The maximum Gasteiger partial charge on any atom is 0.221 e. The second-order valence-electron chi connectivity index (χ2n) is 5.97. The van der Waals surface area contributed by atoms with Crippen LogP contribution < -0.4 is 10.2 Å². The zero-order valence-electron chi connectivity index (χ0n) is 35.7. The quantitative estimate of drug-likeness (QED) is 0.561. The molecule has 0 aliphatic carbocycles. The molecule has 1 amide bonds. The second-order valence-corrected chi connectivity index (χ2v) is 7.57. The van der Waals surface area contributed by atoms with Gasteiger partial charge in [-0.3, -0.25) is 9.69 Å². The Hall–Kier alpha value is -1.64. The van der Waals surface area contributed by atoms with E-state index in [0.717, 1.165) is 17.9 Å². The topological polar surface area (TPSA) is 73.0 Å². The Labute approximate surface area is 204 Å². The van der Waals surface area contributed by atoms with Crippen molar-refractivity contribution in [3.8, 4) is 0 Å². The van der Waals surface area contributed by atoms with E-state index in [2.05, 4.69) is 0 Å². The van der Waals surface area contributed by atoms with Crippen molar-refractivity contribution in [2.45, 2.75) is 33.5 Å². The third-order valence-corrected chi connectivity index (χ3v) is 4.88. The summed E-state index contributed by atoms with van der Waals surface area (Å²) in [6, 6.07) is -0.740. The number of nitrogens with one attached hydrogen (secondary N) is 1. The molecule has 8 heteroatoms. The summed E-state index contributed by atoms with van der Waals surface area (Å²) in [5.41, 5.74) is -5.37. The van der Waals surface area contributed by atoms with Gasteiger partial charge in [-0.1, -0.05) is 19.8 Å². The number of carbonyl (C=O) groups is 1. The first-order valence-corrected chi connectivity index (χ1v) is 10.0. The standard InChI is InChI=1S/C21H36N4O3S/c1-18(2)17-29(27,28)23(4)10-5-6-11-24-12-14-25(15-13-24)21-9-7-8-20(16-21)22-19(3)26/h7-9,16,18H,5-6,10-15,17H2,1-4H3,(H,22,26)/i1D3,2D3,4D3,8D,9D,12D2,13D2,16D,17D2,18D/hD. The summed E-state index contributed by atoms with van der Waals surface area (Å²) in [5.74, 6) is -5.19. The molecule has 1 saturated heterocycles. The van der Waals surface area contributed by atoms with Crippen molar-refractivity contribution in [3.63, 3.8) is 0 Å². The average Bonchev–Trinajstić information content (AvgIpc) is 2.85. The van der Waals surface area contributed by atoms with Crippen molar-refractivity contribution < 1.29 is 40.7 Å². The van der Waals surface area contributed by atoms with Crippen molar-refractivity contribution in [2.24, 2.45) is 5.89 Å². The van der Waals surface area contributed by atoms with E-state index in [4.69, 9.17) is 27.5 Å². The summed E-state index contributed by atoms with van der Waals surface area (Å²) in [4.78, 5) is 13.5. The molecule has 0 unspecified atom stereocenters. The molecule has 0 saturated carbocycles. The van der Waals surface area contributed by atoms with Crippen molar-refractivity contribution in [2.75, 3.05) is 62.1 Å². The van der Waals surface area contributed by atoms with Crippen LogP contribution in [0.3, 0.4) is 0 Å². The lowest BCUT2D eigenvalue weighted by Crippen LogP contribution is -2.46. The van der Waals surface area contributed by atoms with E-state index in [-0.39, 0.29) is 17.4 Å². The average molecular weight is 445 g/mol. The highest BCUT2D eigenvalue weighted by Crippen LogP contribution is 2.21. The van der Waals surface area contributed by atoms with Gasteiger partial charge in [0.25, 0.3) is 0 Å². The molecule has 0 spiro atoms. The summed E-state index contributed by atoms with van der Waals surface area (Å²) >= 11 is 0. The molecule has 1 aliphatic rings. The molecule has 1 heterocycles. The Morgan fingerprint density at radius 3 is 2.86 bits per heavy atom. The van der Waals surface area contributed by atoms with Crippen molar-refractivity contribution >= 4 is 27.3 Å². The molecule has 1 aromatic rings. The van der Waals surface area contributed by atoms with E-state index in [9.17, 15) is 13.2 Å². The number of benzene rings is 1. The lowest BCUT2D eigenvalue weighted by atomic mass is 10.2. The highest BCUT2D eigenvalue weighted by atomic mass is 32.2. The van der Waals surface area contributed by atoms with E-state index in [1.54, 1.807) is 0 Å². The number of anilines is 2. The molecular weight excluding hydrogens is 388 g/mol. The van der Waals surface area contributed by atoms with Gasteiger partial charge >= 0.3 is 0 Å². The molecule has 1 fully saturated rings. The Morgan fingerprint density at radius 2 is 2.21 bits per heavy atom. The van der Waals surface area contributed by atoms with Gasteiger partial charge < -0.3 is 10.2 Å². The number of unbranched alkanes of at least 4 members (excludes halogenated alkanes) is 1. The van der Waals surface area contributed by atoms with Crippen LogP contribution in [-0.4, -0.2) is 75.4 Å². The minimum Gasteiger partial charge on any atom is -0.369 e. The molecule has 164 valence electrons. The SMILES string of the molecule is [2H]c1cc([2H])c(N([2H])C(C)=O)c([2H])c1N1CC([2H])([2H])N(CCCCN(C([2H])([2H])[2H])S(=O)(=O)C([2H])([2H])C([2H])(C([2H])([2H])[2H])C([2H])([2H])[2H])C([2H])([2H])C1. The van der Waals surface area contributed by atoms with Gasteiger partial charge in [0.05, 0.1) is 9.82 Å². The van der Waals surface area contributed by atoms with Gasteiger partial charge in [0.1, 0.15) is 0 Å². The minimum absolute atomic E-state index is 0.248.